The second-order valence-electron chi connectivity index (χ2n) is 4.90. The molecular weight excluding hydrogens is 203 g/mol. The normalized spacial score (nSPS) is 13.8. The Morgan fingerprint density at radius 2 is 2.12 bits per heavy atom. The van der Waals surface area contributed by atoms with Crippen molar-refractivity contribution in [3.8, 4) is 0 Å². The molecule has 0 bridgehead atoms. The second kappa shape index (κ2) is 5.41. The van der Waals surface area contributed by atoms with Crippen LogP contribution in [0.4, 0.5) is 4.39 Å². The zero-order chi connectivity index (χ0) is 12.2. The molecule has 0 saturated heterocycles. The molecule has 0 amide bonds. The maximum Gasteiger partial charge on any atom is 0.123 e. The smallest absolute Gasteiger partial charge is 0.123 e. The fraction of sp³-hybridized carbons (Fsp3) is 0.538. The molecule has 1 unspecified atom stereocenters. The third-order valence-electron chi connectivity index (χ3n) is 3.38. The van der Waals surface area contributed by atoms with Gasteiger partial charge in [-0.3, -0.25) is 11.3 Å². The van der Waals surface area contributed by atoms with Crippen molar-refractivity contribution in [1.29, 1.82) is 0 Å². The Bertz CT molecular complexity index is 336. The number of halogens is 1. The molecule has 2 nitrogen and oxygen atoms in total. The van der Waals surface area contributed by atoms with Gasteiger partial charge < -0.3 is 0 Å². The highest BCUT2D eigenvalue weighted by Gasteiger charge is 2.26. The molecule has 0 aliphatic rings. The molecule has 0 aromatic heterocycles. The van der Waals surface area contributed by atoms with Crippen LogP contribution >= 0.6 is 0 Å². The number of benzene rings is 1. The van der Waals surface area contributed by atoms with E-state index in [1.165, 1.54) is 6.07 Å². The molecule has 0 fully saturated rings. The van der Waals surface area contributed by atoms with Crippen LogP contribution < -0.4 is 11.3 Å². The molecular formula is C13H21FN2. The zero-order valence-corrected chi connectivity index (χ0v) is 10.3. The zero-order valence-electron chi connectivity index (χ0n) is 10.3. The number of hydrazine groups is 1. The Balaban J connectivity index is 2.78. The predicted molar refractivity (Wildman–Crippen MR) is 65.3 cm³/mol. The van der Waals surface area contributed by atoms with Gasteiger partial charge in [0.15, 0.2) is 0 Å². The molecule has 0 aliphatic carbocycles. The molecule has 16 heavy (non-hydrogen) atoms. The minimum atomic E-state index is -0.192. The van der Waals surface area contributed by atoms with Crippen LogP contribution in [0.5, 0.6) is 0 Å². The molecule has 1 aromatic rings. The van der Waals surface area contributed by atoms with E-state index >= 15 is 0 Å². The van der Waals surface area contributed by atoms with Crippen LogP contribution in [0.15, 0.2) is 24.3 Å². The summed E-state index contributed by atoms with van der Waals surface area (Å²) in [6.07, 6.45) is 1.77. The van der Waals surface area contributed by atoms with Crippen molar-refractivity contribution in [1.82, 2.24) is 5.43 Å². The first-order valence-electron chi connectivity index (χ1n) is 5.70. The molecule has 90 valence electrons. The maximum atomic E-state index is 13.0. The van der Waals surface area contributed by atoms with Crippen LogP contribution in [0.1, 0.15) is 32.8 Å². The summed E-state index contributed by atoms with van der Waals surface area (Å²) >= 11 is 0. The van der Waals surface area contributed by atoms with Gasteiger partial charge in [0, 0.05) is 6.04 Å². The first kappa shape index (κ1) is 13.1. The first-order chi connectivity index (χ1) is 7.49. The standard InChI is InChI=1S/C13H21FN2/c1-4-13(2,3)12(16-15)9-10-6-5-7-11(14)8-10/h5-8,12,16H,4,9,15H2,1-3H3. The van der Waals surface area contributed by atoms with E-state index in [1.807, 2.05) is 6.07 Å². The van der Waals surface area contributed by atoms with Gasteiger partial charge >= 0.3 is 0 Å². The Hall–Kier alpha value is -0.930. The monoisotopic (exact) mass is 224 g/mol. The van der Waals surface area contributed by atoms with E-state index in [-0.39, 0.29) is 17.3 Å². The van der Waals surface area contributed by atoms with Gasteiger partial charge in [0.1, 0.15) is 5.82 Å². The molecule has 0 aliphatic heterocycles. The van der Waals surface area contributed by atoms with Crippen molar-refractivity contribution in [3.63, 3.8) is 0 Å². The van der Waals surface area contributed by atoms with Gasteiger partial charge in [-0.25, -0.2) is 4.39 Å². The molecule has 1 rings (SSSR count). The highest BCUT2D eigenvalue weighted by atomic mass is 19.1. The van der Waals surface area contributed by atoms with Gasteiger partial charge in [-0.15, -0.1) is 0 Å². The Morgan fingerprint density at radius 1 is 1.44 bits per heavy atom. The molecule has 0 saturated carbocycles. The van der Waals surface area contributed by atoms with E-state index in [2.05, 4.69) is 26.2 Å². The molecule has 1 aromatic carbocycles. The summed E-state index contributed by atoms with van der Waals surface area (Å²) in [5, 5.41) is 0. The topological polar surface area (TPSA) is 38.0 Å². The van der Waals surface area contributed by atoms with E-state index in [9.17, 15) is 4.39 Å². The molecule has 3 heteroatoms. The molecule has 0 radical (unpaired) electrons. The molecule has 1 atom stereocenters. The summed E-state index contributed by atoms with van der Waals surface area (Å²) in [5.41, 5.74) is 3.91. The van der Waals surface area contributed by atoms with Gasteiger partial charge in [0.25, 0.3) is 0 Å². The van der Waals surface area contributed by atoms with E-state index < -0.39 is 0 Å². The van der Waals surface area contributed by atoms with E-state index in [4.69, 9.17) is 5.84 Å². The maximum absolute atomic E-state index is 13.0. The lowest BCUT2D eigenvalue weighted by molar-refractivity contribution is 0.231. The van der Waals surface area contributed by atoms with Gasteiger partial charge in [-0.1, -0.05) is 32.9 Å². The van der Waals surface area contributed by atoms with Crippen LogP contribution in [0.25, 0.3) is 0 Å². The lowest BCUT2D eigenvalue weighted by Crippen LogP contribution is -2.46. The van der Waals surface area contributed by atoms with Crippen LogP contribution in [0.2, 0.25) is 0 Å². The first-order valence-corrected chi connectivity index (χ1v) is 5.70. The lowest BCUT2D eigenvalue weighted by atomic mass is 9.79. The molecule has 0 heterocycles. The Morgan fingerprint density at radius 3 is 2.62 bits per heavy atom. The minimum absolute atomic E-state index is 0.0983. The highest BCUT2D eigenvalue weighted by Crippen LogP contribution is 2.26. The van der Waals surface area contributed by atoms with Crippen molar-refractivity contribution in [3.05, 3.63) is 35.6 Å². The number of hydrogen-bond acceptors (Lipinski definition) is 2. The summed E-state index contributed by atoms with van der Waals surface area (Å²) in [4.78, 5) is 0. The van der Waals surface area contributed by atoms with Crippen LogP contribution in [0.3, 0.4) is 0 Å². The van der Waals surface area contributed by atoms with Crippen LogP contribution in [-0.2, 0) is 6.42 Å². The average molecular weight is 224 g/mol. The summed E-state index contributed by atoms with van der Waals surface area (Å²) in [5.74, 6) is 5.38. The fourth-order valence-electron chi connectivity index (χ4n) is 1.71. The lowest BCUT2D eigenvalue weighted by Gasteiger charge is -2.33. The Kier molecular flexibility index (Phi) is 4.44. The summed E-state index contributed by atoms with van der Waals surface area (Å²) in [7, 11) is 0. The quantitative estimate of drug-likeness (QED) is 0.596. The van der Waals surface area contributed by atoms with E-state index in [1.54, 1.807) is 12.1 Å². The van der Waals surface area contributed by atoms with Gasteiger partial charge in [-0.2, -0.15) is 0 Å². The van der Waals surface area contributed by atoms with Crippen molar-refractivity contribution in [2.45, 2.75) is 39.7 Å². The molecule has 3 N–H and O–H groups in total. The van der Waals surface area contributed by atoms with Gasteiger partial charge in [0.2, 0.25) is 0 Å². The third kappa shape index (κ3) is 3.29. The number of nitrogens with two attached hydrogens (primary N) is 1. The summed E-state index contributed by atoms with van der Waals surface area (Å²) < 4.78 is 13.0. The second-order valence-corrected chi connectivity index (χ2v) is 4.90. The minimum Gasteiger partial charge on any atom is -0.271 e. The largest absolute Gasteiger partial charge is 0.271 e. The molecule has 0 spiro atoms. The van der Waals surface area contributed by atoms with Gasteiger partial charge in [-0.05, 0) is 36.0 Å². The van der Waals surface area contributed by atoms with Crippen molar-refractivity contribution in [2.75, 3.05) is 0 Å². The van der Waals surface area contributed by atoms with Crippen molar-refractivity contribution < 1.29 is 4.39 Å². The predicted octanol–water partition coefficient (Wildman–Crippen LogP) is 2.64. The summed E-state index contributed by atoms with van der Waals surface area (Å²) in [6, 6.07) is 6.84. The summed E-state index contributed by atoms with van der Waals surface area (Å²) in [6.45, 7) is 6.46. The number of hydrogen-bond donors (Lipinski definition) is 2. The Labute approximate surface area is 97.0 Å². The average Bonchev–Trinajstić information content (AvgIpc) is 2.25. The van der Waals surface area contributed by atoms with E-state index in [0.717, 1.165) is 18.4 Å². The van der Waals surface area contributed by atoms with Gasteiger partial charge in [0.05, 0.1) is 0 Å². The SMILES string of the molecule is CCC(C)(C)C(Cc1cccc(F)c1)NN. The number of nitrogens with one attached hydrogen (secondary N) is 1. The van der Waals surface area contributed by atoms with Crippen LogP contribution in [-0.4, -0.2) is 6.04 Å². The third-order valence-corrected chi connectivity index (χ3v) is 3.38. The van der Waals surface area contributed by atoms with E-state index in [0.29, 0.717) is 0 Å². The van der Waals surface area contributed by atoms with Crippen LogP contribution in [0, 0.1) is 11.2 Å². The van der Waals surface area contributed by atoms with Crippen molar-refractivity contribution in [2.24, 2.45) is 11.3 Å². The van der Waals surface area contributed by atoms with Crippen molar-refractivity contribution >= 4 is 0 Å². The number of rotatable bonds is 5. The highest BCUT2D eigenvalue weighted by molar-refractivity contribution is 5.18. The fourth-order valence-corrected chi connectivity index (χ4v) is 1.71.